The van der Waals surface area contributed by atoms with Crippen LogP contribution in [0.15, 0.2) is 29.2 Å². The van der Waals surface area contributed by atoms with E-state index in [4.69, 9.17) is 10.9 Å². The van der Waals surface area contributed by atoms with Crippen LogP contribution in [-0.4, -0.2) is 6.54 Å². The summed E-state index contributed by atoms with van der Waals surface area (Å²) in [6.45, 7) is 4.70. The molecule has 0 bridgehead atoms. The molecule has 0 amide bonds. The maximum atomic E-state index is 5.40. The van der Waals surface area contributed by atoms with Crippen molar-refractivity contribution < 1.29 is 0 Å². The van der Waals surface area contributed by atoms with Gasteiger partial charge in [0, 0.05) is 4.90 Å². The molecule has 3 heteroatoms. The van der Waals surface area contributed by atoms with Gasteiger partial charge in [0.15, 0.2) is 0 Å². The molecule has 0 aliphatic heterocycles. The Morgan fingerprint density at radius 2 is 1.69 bits per heavy atom. The van der Waals surface area contributed by atoms with Crippen LogP contribution < -0.4 is 10.9 Å². The highest BCUT2D eigenvalue weighted by molar-refractivity contribution is 7.97. The lowest BCUT2D eigenvalue weighted by Crippen LogP contribution is -2.02. The van der Waals surface area contributed by atoms with Gasteiger partial charge in [-0.15, -0.1) is 0 Å². The van der Waals surface area contributed by atoms with Gasteiger partial charge in [-0.2, -0.15) is 0 Å². The molecule has 1 aromatic rings. The molecular weight excluding hydrogens is 180 g/mol. The van der Waals surface area contributed by atoms with Crippen LogP contribution in [0.3, 0.4) is 0 Å². The molecule has 0 saturated heterocycles. The monoisotopic (exact) mass is 198 g/mol. The Morgan fingerprint density at radius 1 is 1.15 bits per heavy atom. The fraction of sp³-hybridized carbons (Fsp3) is 0.400. The second kappa shape index (κ2) is 8.10. The summed E-state index contributed by atoms with van der Waals surface area (Å²) in [6, 6.07) is 8.13. The van der Waals surface area contributed by atoms with Crippen LogP contribution in [0.1, 0.15) is 19.4 Å². The smallest absolute Gasteiger partial charge is 0.0226 e. The molecule has 0 aromatic heterocycles. The van der Waals surface area contributed by atoms with E-state index in [1.807, 2.05) is 26.0 Å². The summed E-state index contributed by atoms with van der Waals surface area (Å²) in [4.78, 5) is 1.09. The number of hydrogen-bond donors (Lipinski definition) is 2. The van der Waals surface area contributed by atoms with Crippen LogP contribution in [-0.2, 0) is 6.42 Å². The second-order valence-corrected chi connectivity index (χ2v) is 3.01. The van der Waals surface area contributed by atoms with Crippen molar-refractivity contribution in [2.45, 2.75) is 25.2 Å². The van der Waals surface area contributed by atoms with Crippen LogP contribution in [0.5, 0.6) is 0 Å². The van der Waals surface area contributed by atoms with E-state index in [1.165, 1.54) is 17.5 Å². The lowest BCUT2D eigenvalue weighted by Gasteiger charge is -1.98. The predicted molar refractivity (Wildman–Crippen MR) is 60.6 cm³/mol. The van der Waals surface area contributed by atoms with Crippen molar-refractivity contribution in [3.8, 4) is 0 Å². The summed E-state index contributed by atoms with van der Waals surface area (Å²) in [7, 11) is 0. The number of benzene rings is 1. The highest BCUT2D eigenvalue weighted by atomic mass is 32.2. The Labute approximate surface area is 84.8 Å². The highest BCUT2D eigenvalue weighted by Gasteiger charge is 1.91. The average molecular weight is 198 g/mol. The van der Waals surface area contributed by atoms with E-state index in [-0.39, 0.29) is 0 Å². The Balaban J connectivity index is 0.000000671. The molecular formula is C10H18N2S. The molecule has 0 aliphatic carbocycles. The molecule has 0 radical (unpaired) electrons. The molecule has 0 atom stereocenters. The number of rotatable bonds is 3. The molecule has 2 nitrogen and oxygen atoms in total. The fourth-order valence-electron chi connectivity index (χ4n) is 0.901. The lowest BCUT2D eigenvalue weighted by atomic mass is 10.2. The molecule has 0 heterocycles. The first kappa shape index (κ1) is 12.5. The average Bonchev–Trinajstić information content (AvgIpc) is 2.23. The summed E-state index contributed by atoms with van der Waals surface area (Å²) in [5.41, 5.74) is 6.67. The highest BCUT2D eigenvalue weighted by Crippen LogP contribution is 2.12. The molecule has 74 valence electrons. The summed E-state index contributed by atoms with van der Waals surface area (Å²) in [6.07, 6.45) is 0.940. The van der Waals surface area contributed by atoms with Crippen LogP contribution in [0, 0.1) is 0 Å². The van der Waals surface area contributed by atoms with E-state index in [0.717, 1.165) is 11.3 Å². The zero-order chi connectivity index (χ0) is 10.1. The van der Waals surface area contributed by atoms with Crippen LogP contribution in [0.2, 0.25) is 0 Å². The zero-order valence-electron chi connectivity index (χ0n) is 8.29. The summed E-state index contributed by atoms with van der Waals surface area (Å²) < 4.78 is 0. The standard InChI is InChI=1S/C8H12N2S.C2H6/c9-6-5-7-1-3-8(11-10)4-2-7;1-2/h1-4H,5-6,9-10H2;1-2H3. The molecule has 0 saturated carbocycles. The van der Waals surface area contributed by atoms with Crippen LogP contribution >= 0.6 is 11.9 Å². The first-order chi connectivity index (χ1) is 6.36. The van der Waals surface area contributed by atoms with E-state index < -0.39 is 0 Å². The third kappa shape index (κ3) is 4.93. The van der Waals surface area contributed by atoms with Gasteiger partial charge in [-0.3, -0.25) is 5.14 Å². The van der Waals surface area contributed by atoms with E-state index in [1.54, 1.807) is 0 Å². The second-order valence-electron chi connectivity index (χ2n) is 2.30. The molecule has 0 fully saturated rings. The summed E-state index contributed by atoms with van der Waals surface area (Å²) >= 11 is 1.26. The Morgan fingerprint density at radius 3 is 2.08 bits per heavy atom. The van der Waals surface area contributed by atoms with E-state index in [2.05, 4.69) is 12.1 Å². The van der Waals surface area contributed by atoms with Gasteiger partial charge in [0.2, 0.25) is 0 Å². The van der Waals surface area contributed by atoms with E-state index in [9.17, 15) is 0 Å². The summed E-state index contributed by atoms with van der Waals surface area (Å²) in [5, 5.41) is 5.37. The molecule has 0 unspecified atom stereocenters. The Bertz CT molecular complexity index is 209. The third-order valence-corrected chi connectivity index (χ3v) is 2.04. The van der Waals surface area contributed by atoms with Crippen LogP contribution in [0.4, 0.5) is 0 Å². The predicted octanol–water partition coefficient (Wildman–Crippen LogP) is 2.18. The first-order valence-electron chi connectivity index (χ1n) is 4.52. The maximum Gasteiger partial charge on any atom is 0.0226 e. The molecule has 0 aliphatic rings. The minimum Gasteiger partial charge on any atom is -0.330 e. The lowest BCUT2D eigenvalue weighted by molar-refractivity contribution is 0.966. The SMILES string of the molecule is CC.NCCc1ccc(SN)cc1. The van der Waals surface area contributed by atoms with Gasteiger partial charge >= 0.3 is 0 Å². The van der Waals surface area contributed by atoms with Gasteiger partial charge in [-0.25, -0.2) is 0 Å². The molecule has 0 spiro atoms. The van der Waals surface area contributed by atoms with Gasteiger partial charge in [-0.1, -0.05) is 26.0 Å². The van der Waals surface area contributed by atoms with Crippen LogP contribution in [0.25, 0.3) is 0 Å². The quantitative estimate of drug-likeness (QED) is 0.732. The zero-order valence-corrected chi connectivity index (χ0v) is 9.10. The molecule has 4 N–H and O–H groups in total. The minimum atomic E-state index is 0.703. The molecule has 13 heavy (non-hydrogen) atoms. The van der Waals surface area contributed by atoms with Gasteiger partial charge in [0.05, 0.1) is 0 Å². The minimum absolute atomic E-state index is 0.703. The van der Waals surface area contributed by atoms with Gasteiger partial charge < -0.3 is 5.73 Å². The van der Waals surface area contributed by atoms with Crippen molar-refractivity contribution in [3.05, 3.63) is 29.8 Å². The van der Waals surface area contributed by atoms with Crippen molar-refractivity contribution in [3.63, 3.8) is 0 Å². The van der Waals surface area contributed by atoms with Gasteiger partial charge in [0.1, 0.15) is 0 Å². The van der Waals surface area contributed by atoms with Crippen molar-refractivity contribution >= 4 is 11.9 Å². The Kier molecular flexibility index (Phi) is 7.79. The van der Waals surface area contributed by atoms with Crippen molar-refractivity contribution in [2.24, 2.45) is 10.9 Å². The van der Waals surface area contributed by atoms with Gasteiger partial charge in [0.25, 0.3) is 0 Å². The molecule has 1 aromatic carbocycles. The largest absolute Gasteiger partial charge is 0.330 e. The summed E-state index contributed by atoms with van der Waals surface area (Å²) in [5.74, 6) is 0. The normalized spacial score (nSPS) is 8.92. The van der Waals surface area contributed by atoms with Crippen molar-refractivity contribution in [1.82, 2.24) is 0 Å². The third-order valence-electron chi connectivity index (χ3n) is 1.49. The maximum absolute atomic E-state index is 5.40. The first-order valence-corrected chi connectivity index (χ1v) is 5.40. The van der Waals surface area contributed by atoms with Gasteiger partial charge in [-0.05, 0) is 42.6 Å². The van der Waals surface area contributed by atoms with Crippen molar-refractivity contribution in [2.75, 3.05) is 6.54 Å². The fourth-order valence-corrected chi connectivity index (χ4v) is 1.19. The van der Waals surface area contributed by atoms with E-state index >= 15 is 0 Å². The molecule has 1 rings (SSSR count). The number of nitrogens with two attached hydrogens (primary N) is 2. The van der Waals surface area contributed by atoms with E-state index in [0.29, 0.717) is 6.54 Å². The van der Waals surface area contributed by atoms with Crippen molar-refractivity contribution in [1.29, 1.82) is 0 Å². The number of hydrogen-bond acceptors (Lipinski definition) is 3. The topological polar surface area (TPSA) is 52.0 Å². The Hall–Kier alpha value is -0.510.